The van der Waals surface area contributed by atoms with Crippen LogP contribution >= 0.6 is 0 Å². The molecule has 6 aromatic rings. The number of furan rings is 1. The summed E-state index contributed by atoms with van der Waals surface area (Å²) < 4.78 is 6.03. The Labute approximate surface area is 186 Å². The van der Waals surface area contributed by atoms with Gasteiger partial charge in [0.15, 0.2) is 0 Å². The molecule has 1 aromatic heterocycles. The van der Waals surface area contributed by atoms with Gasteiger partial charge in [-0.25, -0.2) is 0 Å². The lowest BCUT2D eigenvalue weighted by Crippen LogP contribution is -1.92. The molecule has 0 aliphatic carbocycles. The van der Waals surface area contributed by atoms with E-state index in [1.807, 2.05) is 30.3 Å². The van der Waals surface area contributed by atoms with E-state index < -0.39 is 0 Å². The maximum Gasteiger partial charge on any atom is 0.135 e. The summed E-state index contributed by atoms with van der Waals surface area (Å²) in [6, 6.07) is 42.1. The molecule has 0 spiro atoms. The summed E-state index contributed by atoms with van der Waals surface area (Å²) in [5, 5.41) is 5.82. The first-order valence-corrected chi connectivity index (χ1v) is 10.8. The first kappa shape index (κ1) is 18.5. The molecule has 0 amide bonds. The second kappa shape index (κ2) is 7.75. The molecule has 152 valence electrons. The van der Waals surface area contributed by atoms with Gasteiger partial charge in [-0.1, -0.05) is 78.9 Å². The summed E-state index contributed by atoms with van der Waals surface area (Å²) >= 11 is 0. The summed E-state index contributed by atoms with van der Waals surface area (Å²) in [5.74, 6) is 0. The molecule has 1 heterocycles. The van der Waals surface area contributed by atoms with Crippen molar-refractivity contribution in [3.05, 3.63) is 121 Å². The van der Waals surface area contributed by atoms with Crippen LogP contribution in [0.2, 0.25) is 0 Å². The molecule has 0 atom stereocenters. The van der Waals surface area contributed by atoms with E-state index in [2.05, 4.69) is 96.3 Å². The maximum absolute atomic E-state index is 6.03. The molecule has 2 nitrogen and oxygen atoms in total. The van der Waals surface area contributed by atoms with Crippen molar-refractivity contribution in [3.63, 3.8) is 0 Å². The number of hydrogen-bond donors (Lipinski definition) is 1. The van der Waals surface area contributed by atoms with E-state index in [1.54, 1.807) is 0 Å². The molecule has 0 unspecified atom stereocenters. The Kier molecular flexibility index (Phi) is 4.47. The monoisotopic (exact) mass is 411 g/mol. The molecule has 0 radical (unpaired) electrons. The lowest BCUT2D eigenvalue weighted by atomic mass is 9.93. The zero-order valence-electron chi connectivity index (χ0n) is 17.5. The van der Waals surface area contributed by atoms with Crippen LogP contribution in [-0.2, 0) is 0 Å². The highest BCUT2D eigenvalue weighted by Crippen LogP contribution is 2.38. The Morgan fingerprint density at radius 3 is 2.00 bits per heavy atom. The third-order valence-electron chi connectivity index (χ3n) is 5.85. The highest BCUT2D eigenvalue weighted by molar-refractivity contribution is 6.06. The van der Waals surface area contributed by atoms with Gasteiger partial charge in [0, 0.05) is 22.1 Å². The van der Waals surface area contributed by atoms with Crippen molar-refractivity contribution in [3.8, 4) is 22.3 Å². The average Bonchev–Trinajstić information content (AvgIpc) is 3.23. The minimum absolute atomic E-state index is 0.915. The normalized spacial score (nSPS) is 11.1. The molecule has 5 aromatic carbocycles. The Morgan fingerprint density at radius 1 is 0.438 bits per heavy atom. The van der Waals surface area contributed by atoms with Gasteiger partial charge >= 0.3 is 0 Å². The topological polar surface area (TPSA) is 25.2 Å². The molecule has 0 bridgehead atoms. The summed E-state index contributed by atoms with van der Waals surface area (Å²) in [6.07, 6.45) is 0. The minimum Gasteiger partial charge on any atom is -0.456 e. The van der Waals surface area contributed by atoms with Crippen molar-refractivity contribution in [1.29, 1.82) is 0 Å². The standard InChI is InChI=1S/C30H21NO/c1-3-9-21(10-4-1)27-20-24(31-23-11-5-2-6-12-23)16-17-25(27)22-15-18-30-28(19-22)26-13-7-8-14-29(26)32-30/h1-20,31H. The molecule has 0 fully saturated rings. The quantitative estimate of drug-likeness (QED) is 0.314. The lowest BCUT2D eigenvalue weighted by molar-refractivity contribution is 0.669. The van der Waals surface area contributed by atoms with Crippen LogP contribution in [0.1, 0.15) is 0 Å². The van der Waals surface area contributed by atoms with Crippen molar-refractivity contribution in [2.75, 3.05) is 5.32 Å². The predicted molar refractivity (Wildman–Crippen MR) is 134 cm³/mol. The van der Waals surface area contributed by atoms with Crippen molar-refractivity contribution < 1.29 is 4.42 Å². The van der Waals surface area contributed by atoms with Crippen LogP contribution in [0.15, 0.2) is 126 Å². The van der Waals surface area contributed by atoms with E-state index in [-0.39, 0.29) is 0 Å². The van der Waals surface area contributed by atoms with Gasteiger partial charge in [0.2, 0.25) is 0 Å². The van der Waals surface area contributed by atoms with Gasteiger partial charge in [-0.2, -0.15) is 0 Å². The average molecular weight is 412 g/mol. The third kappa shape index (κ3) is 3.32. The fourth-order valence-electron chi connectivity index (χ4n) is 4.31. The molecule has 0 aliphatic rings. The van der Waals surface area contributed by atoms with Crippen molar-refractivity contribution >= 4 is 33.3 Å². The number of benzene rings is 5. The number of nitrogens with one attached hydrogen (secondary N) is 1. The summed E-state index contributed by atoms with van der Waals surface area (Å²) in [5.41, 5.74) is 8.73. The molecule has 6 rings (SSSR count). The van der Waals surface area contributed by atoms with Gasteiger partial charge in [0.05, 0.1) is 0 Å². The SMILES string of the molecule is c1ccc(Nc2ccc(-c3ccc4oc5ccccc5c4c3)c(-c3ccccc3)c2)cc1. The van der Waals surface area contributed by atoms with E-state index >= 15 is 0 Å². The fraction of sp³-hybridized carbons (Fsp3) is 0. The fourth-order valence-corrected chi connectivity index (χ4v) is 4.31. The van der Waals surface area contributed by atoms with Gasteiger partial charge in [0.25, 0.3) is 0 Å². The minimum atomic E-state index is 0.915. The zero-order valence-corrected chi connectivity index (χ0v) is 17.5. The molecule has 1 N–H and O–H groups in total. The van der Waals surface area contributed by atoms with Gasteiger partial charge in [-0.15, -0.1) is 0 Å². The van der Waals surface area contributed by atoms with Crippen LogP contribution in [0.5, 0.6) is 0 Å². The van der Waals surface area contributed by atoms with Crippen LogP contribution in [0, 0.1) is 0 Å². The number of fused-ring (bicyclic) bond motifs is 3. The number of para-hydroxylation sites is 2. The molecular weight excluding hydrogens is 390 g/mol. The highest BCUT2D eigenvalue weighted by Gasteiger charge is 2.12. The van der Waals surface area contributed by atoms with E-state index in [4.69, 9.17) is 4.42 Å². The molecule has 2 heteroatoms. The summed E-state index contributed by atoms with van der Waals surface area (Å²) in [4.78, 5) is 0. The Balaban J connectivity index is 1.51. The number of anilines is 2. The van der Waals surface area contributed by atoms with Crippen LogP contribution in [0.25, 0.3) is 44.2 Å². The smallest absolute Gasteiger partial charge is 0.135 e. The third-order valence-corrected chi connectivity index (χ3v) is 5.85. The van der Waals surface area contributed by atoms with E-state index in [0.29, 0.717) is 0 Å². The molecular formula is C30H21NO. The van der Waals surface area contributed by atoms with Crippen LogP contribution in [0.4, 0.5) is 11.4 Å². The molecule has 0 saturated carbocycles. The number of hydrogen-bond acceptors (Lipinski definition) is 2. The van der Waals surface area contributed by atoms with Crippen molar-refractivity contribution in [1.82, 2.24) is 0 Å². The van der Waals surface area contributed by atoms with Crippen LogP contribution in [0.3, 0.4) is 0 Å². The predicted octanol–water partition coefficient (Wildman–Crippen LogP) is 8.66. The van der Waals surface area contributed by atoms with Crippen LogP contribution in [-0.4, -0.2) is 0 Å². The van der Waals surface area contributed by atoms with Gasteiger partial charge < -0.3 is 9.73 Å². The van der Waals surface area contributed by atoms with Gasteiger partial charge in [-0.05, 0) is 64.7 Å². The Hall–Kier alpha value is -4.30. The first-order chi connectivity index (χ1) is 15.8. The zero-order chi connectivity index (χ0) is 21.3. The summed E-state index contributed by atoms with van der Waals surface area (Å²) in [7, 11) is 0. The van der Waals surface area contributed by atoms with Gasteiger partial charge in [0.1, 0.15) is 11.2 Å². The second-order valence-electron chi connectivity index (χ2n) is 7.93. The van der Waals surface area contributed by atoms with E-state index in [0.717, 1.165) is 33.3 Å². The molecule has 0 saturated heterocycles. The lowest BCUT2D eigenvalue weighted by Gasteiger charge is -2.14. The summed E-state index contributed by atoms with van der Waals surface area (Å²) in [6.45, 7) is 0. The molecule has 32 heavy (non-hydrogen) atoms. The van der Waals surface area contributed by atoms with E-state index in [1.165, 1.54) is 22.3 Å². The van der Waals surface area contributed by atoms with E-state index in [9.17, 15) is 0 Å². The Morgan fingerprint density at radius 2 is 1.16 bits per heavy atom. The van der Waals surface area contributed by atoms with Gasteiger partial charge in [-0.3, -0.25) is 0 Å². The first-order valence-electron chi connectivity index (χ1n) is 10.8. The number of rotatable bonds is 4. The molecule has 0 aliphatic heterocycles. The van der Waals surface area contributed by atoms with Crippen LogP contribution < -0.4 is 5.32 Å². The highest BCUT2D eigenvalue weighted by atomic mass is 16.3. The maximum atomic E-state index is 6.03. The van der Waals surface area contributed by atoms with Crippen molar-refractivity contribution in [2.45, 2.75) is 0 Å². The Bertz CT molecular complexity index is 1530. The van der Waals surface area contributed by atoms with Crippen molar-refractivity contribution in [2.24, 2.45) is 0 Å². The second-order valence-corrected chi connectivity index (χ2v) is 7.93. The largest absolute Gasteiger partial charge is 0.456 e.